The van der Waals surface area contributed by atoms with Gasteiger partial charge in [0.05, 0.1) is 4.91 Å². The van der Waals surface area contributed by atoms with Crippen LogP contribution in [-0.2, 0) is 0 Å². The van der Waals surface area contributed by atoms with Crippen molar-refractivity contribution in [1.29, 1.82) is 0 Å². The minimum Gasteiger partial charge on any atom is -0.436 e. The Kier molecular flexibility index (Phi) is 4.15. The van der Waals surface area contributed by atoms with Crippen LogP contribution in [0.2, 0.25) is 0 Å². The van der Waals surface area contributed by atoms with Crippen LogP contribution in [0.3, 0.4) is 0 Å². The molecular weight excluding hydrogens is 254 g/mol. The molecule has 0 saturated carbocycles. The van der Waals surface area contributed by atoms with E-state index in [9.17, 15) is 0 Å². The van der Waals surface area contributed by atoms with Crippen molar-refractivity contribution in [3.8, 4) is 0 Å². The first-order valence-electron chi connectivity index (χ1n) is 6.41. The number of aromatic nitrogens is 1. The highest BCUT2D eigenvalue weighted by atomic mass is 32.2. The molecule has 0 saturated heterocycles. The molecule has 2 nitrogen and oxygen atoms in total. The second-order valence-corrected chi connectivity index (χ2v) is 6.03. The summed E-state index contributed by atoms with van der Waals surface area (Å²) < 4.78 is 5.78. The van der Waals surface area contributed by atoms with E-state index in [4.69, 9.17) is 4.42 Å². The summed E-state index contributed by atoms with van der Waals surface area (Å²) in [6.07, 6.45) is 2.12. The van der Waals surface area contributed by atoms with Crippen molar-refractivity contribution in [2.24, 2.45) is 5.92 Å². The second kappa shape index (κ2) is 5.66. The Hall–Kier alpha value is -1.48. The van der Waals surface area contributed by atoms with Gasteiger partial charge in [0, 0.05) is 0 Å². The van der Waals surface area contributed by atoms with Gasteiger partial charge < -0.3 is 4.42 Å². The Morgan fingerprint density at radius 3 is 2.79 bits per heavy atom. The Labute approximate surface area is 118 Å². The van der Waals surface area contributed by atoms with Crippen LogP contribution in [0.5, 0.6) is 0 Å². The highest BCUT2D eigenvalue weighted by Gasteiger charge is 2.13. The normalized spacial score (nSPS) is 12.4. The summed E-state index contributed by atoms with van der Waals surface area (Å²) in [5.74, 6) is 1.10. The molecule has 19 heavy (non-hydrogen) atoms. The van der Waals surface area contributed by atoms with Crippen molar-refractivity contribution in [3.05, 3.63) is 47.2 Å². The van der Waals surface area contributed by atoms with E-state index < -0.39 is 0 Å². The Bertz CT molecular complexity index is 637. The Morgan fingerprint density at radius 2 is 2.16 bits per heavy atom. The SMILES string of the molecule is C=C(SC(=CC)C(C)C)c1nc2ccc(C)cc2o1. The van der Waals surface area contributed by atoms with Gasteiger partial charge in [0.15, 0.2) is 5.58 Å². The van der Waals surface area contributed by atoms with Crippen LogP contribution in [0, 0.1) is 12.8 Å². The van der Waals surface area contributed by atoms with E-state index in [1.165, 1.54) is 10.5 Å². The summed E-state index contributed by atoms with van der Waals surface area (Å²) in [5, 5.41) is 0. The minimum atomic E-state index is 0.485. The fourth-order valence-corrected chi connectivity index (χ4v) is 2.66. The van der Waals surface area contributed by atoms with E-state index >= 15 is 0 Å². The first-order valence-corrected chi connectivity index (χ1v) is 7.23. The number of hydrogen-bond acceptors (Lipinski definition) is 3. The molecule has 0 unspecified atom stereocenters. The van der Waals surface area contributed by atoms with E-state index in [1.807, 2.05) is 32.0 Å². The molecule has 2 rings (SSSR count). The van der Waals surface area contributed by atoms with E-state index in [-0.39, 0.29) is 0 Å². The molecule has 0 radical (unpaired) electrons. The maximum atomic E-state index is 5.78. The molecule has 0 aliphatic rings. The van der Waals surface area contributed by atoms with Crippen LogP contribution < -0.4 is 0 Å². The van der Waals surface area contributed by atoms with Gasteiger partial charge in [-0.25, -0.2) is 4.98 Å². The van der Waals surface area contributed by atoms with E-state index in [0.29, 0.717) is 11.8 Å². The molecule has 0 fully saturated rings. The van der Waals surface area contributed by atoms with Gasteiger partial charge in [0.25, 0.3) is 0 Å². The van der Waals surface area contributed by atoms with Crippen molar-refractivity contribution in [3.63, 3.8) is 0 Å². The first kappa shape index (κ1) is 13.9. The van der Waals surface area contributed by atoms with Gasteiger partial charge in [-0.2, -0.15) is 0 Å². The summed E-state index contributed by atoms with van der Waals surface area (Å²) in [7, 11) is 0. The predicted molar refractivity (Wildman–Crippen MR) is 84.0 cm³/mol. The number of fused-ring (bicyclic) bond motifs is 1. The van der Waals surface area contributed by atoms with Gasteiger partial charge in [-0.3, -0.25) is 0 Å². The molecule has 3 heteroatoms. The summed E-state index contributed by atoms with van der Waals surface area (Å²) >= 11 is 1.64. The third-order valence-corrected chi connectivity index (χ3v) is 4.24. The van der Waals surface area contributed by atoms with E-state index in [0.717, 1.165) is 16.0 Å². The van der Waals surface area contributed by atoms with Gasteiger partial charge in [0.2, 0.25) is 5.89 Å². The number of nitrogens with zero attached hydrogens (tertiary/aromatic N) is 1. The number of aryl methyl sites for hydroxylation is 1. The zero-order valence-electron chi connectivity index (χ0n) is 11.9. The zero-order chi connectivity index (χ0) is 14.0. The average molecular weight is 273 g/mol. The lowest BCUT2D eigenvalue weighted by Gasteiger charge is -2.09. The van der Waals surface area contributed by atoms with Crippen LogP contribution in [0.15, 0.2) is 40.2 Å². The Balaban J connectivity index is 2.27. The maximum absolute atomic E-state index is 5.78. The molecule has 0 N–H and O–H groups in total. The number of oxazole rings is 1. The van der Waals surface area contributed by atoms with Crippen molar-refractivity contribution < 1.29 is 4.42 Å². The Morgan fingerprint density at radius 1 is 1.42 bits per heavy atom. The van der Waals surface area contributed by atoms with Crippen molar-refractivity contribution in [2.75, 3.05) is 0 Å². The summed E-state index contributed by atoms with van der Waals surface area (Å²) in [4.78, 5) is 6.62. The molecule has 0 bridgehead atoms. The predicted octanol–water partition coefficient (Wildman–Crippen LogP) is 5.40. The molecule has 0 amide bonds. The lowest BCUT2D eigenvalue weighted by atomic mass is 10.2. The maximum Gasteiger partial charge on any atom is 0.233 e. The molecule has 1 aromatic heterocycles. The van der Waals surface area contributed by atoms with Crippen LogP contribution >= 0.6 is 11.8 Å². The number of allylic oxidation sites excluding steroid dienone is 2. The van der Waals surface area contributed by atoms with Gasteiger partial charge in [-0.15, -0.1) is 0 Å². The number of thioether (sulfide) groups is 1. The van der Waals surface area contributed by atoms with Gasteiger partial charge in [-0.05, 0) is 42.4 Å². The highest BCUT2D eigenvalue weighted by Crippen LogP contribution is 2.36. The molecule has 0 aliphatic heterocycles. The molecule has 0 aliphatic carbocycles. The molecule has 0 spiro atoms. The lowest BCUT2D eigenvalue weighted by Crippen LogP contribution is -1.89. The van der Waals surface area contributed by atoms with Gasteiger partial charge >= 0.3 is 0 Å². The molecule has 0 atom stereocenters. The fourth-order valence-electron chi connectivity index (χ4n) is 1.85. The summed E-state index contributed by atoms with van der Waals surface area (Å²) in [6.45, 7) is 12.5. The lowest BCUT2D eigenvalue weighted by molar-refractivity contribution is 0.588. The van der Waals surface area contributed by atoms with E-state index in [1.54, 1.807) is 11.8 Å². The quantitative estimate of drug-likeness (QED) is 0.746. The monoisotopic (exact) mass is 273 g/mol. The largest absolute Gasteiger partial charge is 0.436 e. The van der Waals surface area contributed by atoms with Gasteiger partial charge in [-0.1, -0.05) is 44.3 Å². The van der Waals surface area contributed by atoms with E-state index in [2.05, 4.69) is 31.5 Å². The van der Waals surface area contributed by atoms with Gasteiger partial charge in [0.1, 0.15) is 5.52 Å². The second-order valence-electron chi connectivity index (χ2n) is 4.86. The third kappa shape index (κ3) is 3.10. The topological polar surface area (TPSA) is 26.0 Å². The van der Waals surface area contributed by atoms with Crippen LogP contribution in [0.4, 0.5) is 0 Å². The smallest absolute Gasteiger partial charge is 0.233 e. The standard InChI is InChI=1S/C16H19NOS/c1-6-15(10(2)3)19-12(5)16-17-13-8-7-11(4)9-14(13)18-16/h6-10H,5H2,1-4H3. The van der Waals surface area contributed by atoms with Crippen molar-refractivity contribution in [2.45, 2.75) is 27.7 Å². The molecular formula is C16H19NOS. The first-order chi connectivity index (χ1) is 9.01. The van der Waals surface area contributed by atoms with Crippen LogP contribution in [0.25, 0.3) is 16.0 Å². The molecule has 1 heterocycles. The number of benzene rings is 1. The highest BCUT2D eigenvalue weighted by molar-refractivity contribution is 8.11. The summed E-state index contributed by atoms with van der Waals surface area (Å²) in [6, 6.07) is 6.02. The minimum absolute atomic E-state index is 0.485. The number of rotatable bonds is 4. The van der Waals surface area contributed by atoms with Crippen molar-refractivity contribution in [1.82, 2.24) is 4.98 Å². The fraction of sp³-hybridized carbons (Fsp3) is 0.312. The van der Waals surface area contributed by atoms with Crippen LogP contribution in [-0.4, -0.2) is 4.98 Å². The molecule has 2 aromatic rings. The summed E-state index contributed by atoms with van der Waals surface area (Å²) in [5.41, 5.74) is 2.88. The van der Waals surface area contributed by atoms with Crippen molar-refractivity contribution >= 4 is 27.8 Å². The molecule has 100 valence electrons. The molecule has 1 aromatic carbocycles. The average Bonchev–Trinajstić information content (AvgIpc) is 2.78. The van der Waals surface area contributed by atoms with Crippen LogP contribution in [0.1, 0.15) is 32.2 Å². The third-order valence-electron chi connectivity index (χ3n) is 2.88. The zero-order valence-corrected chi connectivity index (χ0v) is 12.7. The number of hydrogen-bond donors (Lipinski definition) is 0.